The van der Waals surface area contributed by atoms with E-state index in [1.807, 2.05) is 0 Å². The highest BCUT2D eigenvalue weighted by Gasteiger charge is 2.30. The van der Waals surface area contributed by atoms with E-state index in [0.29, 0.717) is 5.76 Å². The van der Waals surface area contributed by atoms with Gasteiger partial charge in [0.05, 0.1) is 5.56 Å². The number of hydrogen-bond donors (Lipinski definition) is 1. The summed E-state index contributed by atoms with van der Waals surface area (Å²) in [6.45, 7) is 1.59. The molecule has 0 aliphatic carbocycles. The summed E-state index contributed by atoms with van der Waals surface area (Å²) >= 11 is 0. The molecule has 0 aliphatic rings. The highest BCUT2D eigenvalue weighted by molar-refractivity contribution is 5.98. The van der Waals surface area contributed by atoms with Crippen LogP contribution in [0.15, 0.2) is 40.0 Å². The van der Waals surface area contributed by atoms with Crippen LogP contribution in [0.4, 0.5) is 13.2 Å². The van der Waals surface area contributed by atoms with Crippen LogP contribution in [0.2, 0.25) is 0 Å². The summed E-state index contributed by atoms with van der Waals surface area (Å²) in [5.41, 5.74) is 4.80. The predicted octanol–water partition coefficient (Wildman–Crippen LogP) is 2.48. The van der Waals surface area contributed by atoms with E-state index >= 15 is 0 Å². The number of oxime groups is 1. The van der Waals surface area contributed by atoms with Gasteiger partial charge in [-0.1, -0.05) is 22.4 Å². The standard InChI is InChI=1S/C13H10F3N3O3/c1-7-6-10(18-21-7)12(20)22-19-11(17)8-2-4-9(5-3-8)13(14,15)16/h2-6H,1H3,(H2,17,19). The Kier molecular flexibility index (Phi) is 4.15. The van der Waals surface area contributed by atoms with Crippen LogP contribution in [-0.4, -0.2) is 17.0 Å². The van der Waals surface area contributed by atoms with E-state index in [1.165, 1.54) is 6.07 Å². The zero-order valence-electron chi connectivity index (χ0n) is 11.2. The number of benzene rings is 1. The highest BCUT2D eigenvalue weighted by Crippen LogP contribution is 2.29. The van der Waals surface area contributed by atoms with Crippen molar-refractivity contribution in [3.63, 3.8) is 0 Å². The third-order valence-corrected chi connectivity index (χ3v) is 2.57. The predicted molar refractivity (Wildman–Crippen MR) is 68.8 cm³/mol. The molecule has 0 bridgehead atoms. The lowest BCUT2D eigenvalue weighted by Gasteiger charge is -2.07. The van der Waals surface area contributed by atoms with E-state index in [-0.39, 0.29) is 17.1 Å². The van der Waals surface area contributed by atoms with Crippen molar-refractivity contribution in [3.8, 4) is 0 Å². The van der Waals surface area contributed by atoms with E-state index in [2.05, 4.69) is 19.7 Å². The van der Waals surface area contributed by atoms with Gasteiger partial charge >= 0.3 is 12.1 Å². The lowest BCUT2D eigenvalue weighted by Crippen LogP contribution is -2.16. The quantitative estimate of drug-likeness (QED) is 0.407. The molecule has 0 saturated carbocycles. The molecular formula is C13H10F3N3O3. The maximum atomic E-state index is 12.4. The summed E-state index contributed by atoms with van der Waals surface area (Å²) in [6.07, 6.45) is -4.44. The molecule has 1 heterocycles. The second-order valence-corrected chi connectivity index (χ2v) is 4.25. The zero-order valence-corrected chi connectivity index (χ0v) is 11.2. The van der Waals surface area contributed by atoms with Crippen LogP contribution < -0.4 is 5.73 Å². The zero-order chi connectivity index (χ0) is 16.3. The lowest BCUT2D eigenvalue weighted by atomic mass is 10.1. The van der Waals surface area contributed by atoms with E-state index < -0.39 is 17.7 Å². The molecule has 2 N–H and O–H groups in total. The molecule has 9 heteroatoms. The number of alkyl halides is 3. The molecule has 0 fully saturated rings. The Hall–Kier alpha value is -2.84. The van der Waals surface area contributed by atoms with Crippen molar-refractivity contribution in [2.45, 2.75) is 13.1 Å². The Balaban J connectivity index is 2.07. The van der Waals surface area contributed by atoms with Crippen LogP contribution in [0, 0.1) is 6.92 Å². The average molecular weight is 313 g/mol. The molecule has 0 spiro atoms. The molecule has 6 nitrogen and oxygen atoms in total. The Morgan fingerprint density at radius 1 is 1.32 bits per heavy atom. The van der Waals surface area contributed by atoms with Gasteiger partial charge < -0.3 is 15.1 Å². The van der Waals surface area contributed by atoms with Gasteiger partial charge in [0.25, 0.3) is 0 Å². The van der Waals surface area contributed by atoms with Gasteiger partial charge in [0.15, 0.2) is 11.5 Å². The Bertz CT molecular complexity index is 705. The normalized spacial score (nSPS) is 12.3. The molecule has 2 rings (SSSR count). The van der Waals surface area contributed by atoms with Gasteiger partial charge in [0.2, 0.25) is 0 Å². The van der Waals surface area contributed by atoms with Crippen LogP contribution >= 0.6 is 0 Å². The molecule has 0 atom stereocenters. The van der Waals surface area contributed by atoms with Crippen molar-refractivity contribution in [2.24, 2.45) is 10.9 Å². The number of carbonyl (C=O) groups is 1. The number of nitrogens with zero attached hydrogens (tertiary/aromatic N) is 2. The summed E-state index contributed by atoms with van der Waals surface area (Å²) < 4.78 is 41.9. The van der Waals surface area contributed by atoms with Gasteiger partial charge in [-0.3, -0.25) is 0 Å². The van der Waals surface area contributed by atoms with Crippen molar-refractivity contribution >= 4 is 11.8 Å². The molecule has 1 aromatic carbocycles. The number of aromatic nitrogens is 1. The first-order chi connectivity index (χ1) is 10.3. The molecule has 2 aromatic rings. The van der Waals surface area contributed by atoms with Gasteiger partial charge in [0.1, 0.15) is 5.76 Å². The summed E-state index contributed by atoms with van der Waals surface area (Å²) in [5.74, 6) is -0.736. The Morgan fingerprint density at radius 3 is 2.45 bits per heavy atom. The van der Waals surface area contributed by atoms with Crippen LogP contribution in [0.1, 0.15) is 27.4 Å². The Morgan fingerprint density at radius 2 is 1.95 bits per heavy atom. The number of hydrogen-bond acceptors (Lipinski definition) is 5. The fourth-order valence-electron chi connectivity index (χ4n) is 1.48. The second kappa shape index (κ2) is 5.88. The van der Waals surface area contributed by atoms with Gasteiger partial charge in [-0.25, -0.2) is 4.79 Å². The smallest absolute Gasteiger partial charge is 0.380 e. The minimum Gasteiger partial charge on any atom is -0.380 e. The van der Waals surface area contributed by atoms with Gasteiger partial charge in [-0.05, 0) is 19.1 Å². The first kappa shape index (κ1) is 15.5. The number of aryl methyl sites for hydroxylation is 1. The molecule has 0 aliphatic heterocycles. The first-order valence-corrected chi connectivity index (χ1v) is 5.93. The maximum absolute atomic E-state index is 12.4. The summed E-state index contributed by atoms with van der Waals surface area (Å²) in [6, 6.07) is 5.28. The fourth-order valence-corrected chi connectivity index (χ4v) is 1.48. The van der Waals surface area contributed by atoms with Gasteiger partial charge in [0, 0.05) is 11.6 Å². The molecular weight excluding hydrogens is 303 g/mol. The summed E-state index contributed by atoms with van der Waals surface area (Å²) in [5, 5.41) is 6.77. The minimum atomic E-state index is -4.44. The van der Waals surface area contributed by atoms with Crippen LogP contribution in [-0.2, 0) is 11.0 Å². The number of carbonyl (C=O) groups excluding carboxylic acids is 1. The Labute approximate surface area is 122 Å². The average Bonchev–Trinajstić information content (AvgIpc) is 2.90. The topological polar surface area (TPSA) is 90.7 Å². The molecule has 0 amide bonds. The van der Waals surface area contributed by atoms with Crippen molar-refractivity contribution < 1.29 is 27.3 Å². The van der Waals surface area contributed by atoms with Crippen LogP contribution in [0.25, 0.3) is 0 Å². The molecule has 0 radical (unpaired) electrons. The number of amidine groups is 1. The summed E-state index contributed by atoms with van der Waals surface area (Å²) in [4.78, 5) is 16.1. The number of rotatable bonds is 3. The molecule has 22 heavy (non-hydrogen) atoms. The maximum Gasteiger partial charge on any atom is 0.416 e. The van der Waals surface area contributed by atoms with Crippen molar-refractivity contribution in [1.82, 2.24) is 5.16 Å². The van der Waals surface area contributed by atoms with Crippen LogP contribution in [0.3, 0.4) is 0 Å². The van der Waals surface area contributed by atoms with Gasteiger partial charge in [-0.15, -0.1) is 0 Å². The third kappa shape index (κ3) is 3.62. The third-order valence-electron chi connectivity index (χ3n) is 2.57. The van der Waals surface area contributed by atoms with E-state index in [1.54, 1.807) is 6.92 Å². The summed E-state index contributed by atoms with van der Waals surface area (Å²) in [7, 11) is 0. The molecule has 116 valence electrons. The minimum absolute atomic E-state index is 0.0959. The molecule has 1 aromatic heterocycles. The second-order valence-electron chi connectivity index (χ2n) is 4.25. The van der Waals surface area contributed by atoms with E-state index in [9.17, 15) is 18.0 Å². The largest absolute Gasteiger partial charge is 0.416 e. The number of halogens is 3. The SMILES string of the molecule is Cc1cc(C(=O)ON=C(N)c2ccc(C(F)(F)F)cc2)no1. The van der Waals surface area contributed by atoms with Crippen molar-refractivity contribution in [1.29, 1.82) is 0 Å². The van der Waals surface area contributed by atoms with E-state index in [0.717, 1.165) is 24.3 Å². The number of nitrogens with two attached hydrogens (primary N) is 1. The van der Waals surface area contributed by atoms with Crippen molar-refractivity contribution in [2.75, 3.05) is 0 Å². The van der Waals surface area contributed by atoms with E-state index in [4.69, 9.17) is 5.73 Å². The molecule has 0 saturated heterocycles. The van der Waals surface area contributed by atoms with Crippen LogP contribution in [0.5, 0.6) is 0 Å². The fraction of sp³-hybridized carbons (Fsp3) is 0.154. The first-order valence-electron chi connectivity index (χ1n) is 5.93. The monoisotopic (exact) mass is 313 g/mol. The molecule has 0 unspecified atom stereocenters. The van der Waals surface area contributed by atoms with Crippen molar-refractivity contribution in [3.05, 3.63) is 52.9 Å². The lowest BCUT2D eigenvalue weighted by molar-refractivity contribution is -0.137. The highest BCUT2D eigenvalue weighted by atomic mass is 19.4. The van der Waals surface area contributed by atoms with Gasteiger partial charge in [-0.2, -0.15) is 13.2 Å².